The van der Waals surface area contributed by atoms with Gasteiger partial charge in [-0.3, -0.25) is 4.79 Å². The fourth-order valence-corrected chi connectivity index (χ4v) is 3.07. The number of nitrogens with zero attached hydrogens (tertiary/aromatic N) is 1. The van der Waals surface area contributed by atoms with E-state index in [4.69, 9.17) is 9.15 Å². The topological polar surface area (TPSA) is 59.8 Å². The van der Waals surface area contributed by atoms with Gasteiger partial charge in [-0.05, 0) is 42.3 Å². The minimum Gasteiger partial charge on any atom is -0.497 e. The molecule has 24 heavy (non-hydrogen) atoms. The van der Waals surface area contributed by atoms with Gasteiger partial charge in [0.2, 0.25) is 0 Å². The van der Waals surface area contributed by atoms with E-state index in [1.54, 1.807) is 30.2 Å². The number of hydrogen-bond acceptors (Lipinski definition) is 4. The smallest absolute Gasteiger partial charge is 0.349 e. The molecule has 0 fully saturated rings. The van der Waals surface area contributed by atoms with Crippen LogP contribution >= 0.6 is 0 Å². The summed E-state index contributed by atoms with van der Waals surface area (Å²) in [6.45, 7) is 0.535. The average Bonchev–Trinajstić information content (AvgIpc) is 3.03. The van der Waals surface area contributed by atoms with Crippen molar-refractivity contribution in [2.24, 2.45) is 0 Å². The first-order valence-electron chi connectivity index (χ1n) is 7.69. The van der Waals surface area contributed by atoms with Gasteiger partial charge in [0.25, 0.3) is 5.91 Å². The van der Waals surface area contributed by atoms with Gasteiger partial charge in [-0.2, -0.15) is 0 Å². The molecule has 120 valence electrons. The van der Waals surface area contributed by atoms with Gasteiger partial charge in [-0.15, -0.1) is 0 Å². The Labute approximate surface area is 138 Å². The zero-order chi connectivity index (χ0) is 16.7. The minimum absolute atomic E-state index is 0.0531. The molecule has 1 aliphatic heterocycles. The van der Waals surface area contributed by atoms with Crippen molar-refractivity contribution in [3.8, 4) is 5.75 Å². The first-order chi connectivity index (χ1) is 11.7. The van der Waals surface area contributed by atoms with Crippen molar-refractivity contribution in [2.75, 3.05) is 18.6 Å². The second-order valence-corrected chi connectivity index (χ2v) is 5.69. The number of methoxy groups -OCH3 is 1. The Morgan fingerprint density at radius 3 is 2.83 bits per heavy atom. The Hall–Kier alpha value is -3.08. The Balaban J connectivity index is 1.76. The van der Waals surface area contributed by atoms with E-state index in [0.717, 1.165) is 28.8 Å². The van der Waals surface area contributed by atoms with Gasteiger partial charge in [0.05, 0.1) is 7.11 Å². The minimum atomic E-state index is -0.610. The summed E-state index contributed by atoms with van der Waals surface area (Å²) in [4.78, 5) is 26.7. The summed E-state index contributed by atoms with van der Waals surface area (Å²) in [6.07, 6.45) is 0.733. The normalized spacial score (nSPS) is 13.1. The van der Waals surface area contributed by atoms with E-state index in [9.17, 15) is 9.59 Å². The van der Waals surface area contributed by atoms with Crippen molar-refractivity contribution in [1.29, 1.82) is 0 Å². The molecule has 2 heterocycles. The predicted octanol–water partition coefficient (Wildman–Crippen LogP) is 3.00. The highest BCUT2D eigenvalue weighted by molar-refractivity contribution is 6.08. The molecular weight excluding hydrogens is 306 g/mol. The van der Waals surface area contributed by atoms with E-state index in [0.29, 0.717) is 12.1 Å². The van der Waals surface area contributed by atoms with Crippen molar-refractivity contribution >= 4 is 22.6 Å². The highest BCUT2D eigenvalue weighted by atomic mass is 16.5. The summed E-state index contributed by atoms with van der Waals surface area (Å²) in [5.41, 5.74) is 1.77. The van der Waals surface area contributed by atoms with Crippen molar-refractivity contribution in [2.45, 2.75) is 6.42 Å². The summed E-state index contributed by atoms with van der Waals surface area (Å²) in [6, 6.07) is 14.3. The maximum atomic E-state index is 12.9. The Morgan fingerprint density at radius 2 is 2.00 bits per heavy atom. The molecule has 0 radical (unpaired) electrons. The summed E-state index contributed by atoms with van der Waals surface area (Å²) < 4.78 is 10.5. The molecule has 5 nitrogen and oxygen atoms in total. The van der Waals surface area contributed by atoms with E-state index in [2.05, 4.69) is 0 Å². The maximum absolute atomic E-state index is 12.9. The van der Waals surface area contributed by atoms with Gasteiger partial charge in [0, 0.05) is 17.6 Å². The van der Waals surface area contributed by atoms with Crippen molar-refractivity contribution in [3.63, 3.8) is 0 Å². The summed E-state index contributed by atoms with van der Waals surface area (Å²) in [7, 11) is 1.61. The molecule has 2 aromatic carbocycles. The van der Waals surface area contributed by atoms with E-state index >= 15 is 0 Å². The van der Waals surface area contributed by atoms with Crippen molar-refractivity contribution < 1.29 is 13.9 Å². The number of hydrogen-bond donors (Lipinski definition) is 0. The first kappa shape index (κ1) is 14.5. The molecule has 5 heteroatoms. The highest BCUT2D eigenvalue weighted by Crippen LogP contribution is 2.32. The van der Waals surface area contributed by atoms with Gasteiger partial charge >= 0.3 is 5.63 Å². The molecule has 0 atom stereocenters. The molecule has 0 saturated heterocycles. The average molecular weight is 321 g/mol. The quantitative estimate of drug-likeness (QED) is 0.681. The number of amides is 1. The Kier molecular flexibility index (Phi) is 3.34. The van der Waals surface area contributed by atoms with Gasteiger partial charge in [-0.1, -0.05) is 18.2 Å². The fraction of sp³-hybridized carbons (Fsp3) is 0.158. The number of rotatable bonds is 2. The van der Waals surface area contributed by atoms with Crippen LogP contribution < -0.4 is 15.3 Å². The molecule has 4 rings (SSSR count). The number of para-hydroxylation sites is 1. The third-order valence-corrected chi connectivity index (χ3v) is 4.30. The summed E-state index contributed by atoms with van der Waals surface area (Å²) in [5, 5.41) is 0.731. The van der Waals surface area contributed by atoms with E-state index < -0.39 is 5.63 Å². The molecule has 0 bridgehead atoms. The molecule has 0 aliphatic carbocycles. The largest absolute Gasteiger partial charge is 0.497 e. The second kappa shape index (κ2) is 5.53. The Bertz CT molecular complexity index is 1010. The number of ether oxygens (including phenoxy) is 1. The molecular formula is C19H15NO4. The van der Waals surface area contributed by atoms with Crippen LogP contribution in [-0.2, 0) is 6.42 Å². The molecule has 1 aromatic heterocycles. The van der Waals surface area contributed by atoms with Crippen LogP contribution in [0, 0.1) is 0 Å². The van der Waals surface area contributed by atoms with Crippen LogP contribution in [0.5, 0.6) is 5.75 Å². The van der Waals surface area contributed by atoms with Crippen LogP contribution in [0.15, 0.2) is 57.7 Å². The number of benzene rings is 2. The number of carbonyl (C=O) groups excluding carboxylic acids is 1. The number of fused-ring (bicyclic) bond motifs is 2. The highest BCUT2D eigenvalue weighted by Gasteiger charge is 2.28. The van der Waals surface area contributed by atoms with E-state index in [1.807, 2.05) is 30.3 Å². The zero-order valence-electron chi connectivity index (χ0n) is 13.1. The second-order valence-electron chi connectivity index (χ2n) is 5.69. The van der Waals surface area contributed by atoms with Crippen LogP contribution in [0.25, 0.3) is 11.0 Å². The maximum Gasteiger partial charge on any atom is 0.349 e. The lowest BCUT2D eigenvalue weighted by Gasteiger charge is -2.17. The van der Waals surface area contributed by atoms with Crippen LogP contribution in [0.2, 0.25) is 0 Å². The fourth-order valence-electron chi connectivity index (χ4n) is 3.07. The van der Waals surface area contributed by atoms with Crippen LogP contribution in [0.1, 0.15) is 15.9 Å². The first-order valence-corrected chi connectivity index (χ1v) is 7.69. The molecule has 0 N–H and O–H groups in total. The number of anilines is 1. The SMILES string of the molecule is COc1ccc2c(c1)CCN2C(=O)c1cc2ccccc2oc1=O. The third kappa shape index (κ3) is 2.25. The number of carbonyl (C=O) groups is 1. The van der Waals surface area contributed by atoms with Crippen molar-refractivity contribution in [1.82, 2.24) is 0 Å². The van der Waals surface area contributed by atoms with E-state index in [1.165, 1.54) is 0 Å². The Morgan fingerprint density at radius 1 is 1.17 bits per heavy atom. The van der Waals surface area contributed by atoms with Crippen LogP contribution in [0.4, 0.5) is 5.69 Å². The lowest BCUT2D eigenvalue weighted by molar-refractivity contribution is 0.0986. The molecule has 0 spiro atoms. The molecule has 1 aliphatic rings. The van der Waals surface area contributed by atoms with Crippen LogP contribution in [-0.4, -0.2) is 19.6 Å². The summed E-state index contributed by atoms with van der Waals surface area (Å²) in [5.74, 6) is 0.423. The van der Waals surface area contributed by atoms with Crippen LogP contribution in [0.3, 0.4) is 0 Å². The standard InChI is InChI=1S/C19H15NO4/c1-23-14-6-7-16-12(10-14)8-9-20(16)18(21)15-11-13-4-2-3-5-17(13)24-19(15)22/h2-7,10-11H,8-9H2,1H3. The monoisotopic (exact) mass is 321 g/mol. The van der Waals surface area contributed by atoms with Gasteiger partial charge in [0.15, 0.2) is 0 Å². The van der Waals surface area contributed by atoms with Gasteiger partial charge in [0.1, 0.15) is 16.9 Å². The lowest BCUT2D eigenvalue weighted by Crippen LogP contribution is -2.32. The van der Waals surface area contributed by atoms with Crippen molar-refractivity contribution in [3.05, 3.63) is 70.1 Å². The molecule has 0 saturated carbocycles. The third-order valence-electron chi connectivity index (χ3n) is 4.30. The summed E-state index contributed by atoms with van der Waals surface area (Å²) >= 11 is 0. The van der Waals surface area contributed by atoms with Gasteiger partial charge < -0.3 is 14.1 Å². The molecule has 3 aromatic rings. The van der Waals surface area contributed by atoms with Gasteiger partial charge in [-0.25, -0.2) is 4.79 Å². The zero-order valence-corrected chi connectivity index (χ0v) is 13.1. The molecule has 1 amide bonds. The molecule has 0 unspecified atom stereocenters. The lowest BCUT2D eigenvalue weighted by atomic mass is 10.1. The van der Waals surface area contributed by atoms with E-state index in [-0.39, 0.29) is 11.5 Å². The predicted molar refractivity (Wildman–Crippen MR) is 90.9 cm³/mol.